The van der Waals surface area contributed by atoms with Crippen molar-refractivity contribution in [2.45, 2.75) is 6.42 Å². The van der Waals surface area contributed by atoms with Gasteiger partial charge < -0.3 is 4.42 Å². The lowest BCUT2D eigenvalue weighted by atomic mass is 10.1. The number of carbonyl (C=O) groups is 1. The van der Waals surface area contributed by atoms with Crippen LogP contribution in [0.5, 0.6) is 0 Å². The highest BCUT2D eigenvalue weighted by Gasteiger charge is 2.07. The minimum absolute atomic E-state index is 0.00250. The monoisotopic (exact) mass is 298 g/mol. The van der Waals surface area contributed by atoms with Crippen molar-refractivity contribution in [1.29, 1.82) is 5.26 Å². The Bertz CT molecular complexity index is 756. The zero-order valence-electron chi connectivity index (χ0n) is 11.2. The van der Waals surface area contributed by atoms with Crippen LogP contribution in [-0.4, -0.2) is 17.0 Å². The summed E-state index contributed by atoms with van der Waals surface area (Å²) in [5.74, 6) is 0.395. The standard InChI is InChI=1S/C14H10N4O4/c15-8-7-14(19)17-16-9-12-5-6-13(22-12)10-1-3-11(4-2-10)18(20)21/h1-6,9H,7H2,(H,17,19). The summed E-state index contributed by atoms with van der Waals surface area (Å²) in [6.45, 7) is 0. The molecule has 110 valence electrons. The molecule has 0 bridgehead atoms. The molecule has 1 N–H and O–H groups in total. The molecule has 8 heteroatoms. The van der Waals surface area contributed by atoms with Crippen LogP contribution >= 0.6 is 0 Å². The highest BCUT2D eigenvalue weighted by molar-refractivity contribution is 5.81. The predicted molar refractivity (Wildman–Crippen MR) is 76.8 cm³/mol. The van der Waals surface area contributed by atoms with Gasteiger partial charge in [-0.15, -0.1) is 0 Å². The van der Waals surface area contributed by atoms with Crippen LogP contribution in [0, 0.1) is 21.4 Å². The van der Waals surface area contributed by atoms with Crippen LogP contribution < -0.4 is 5.43 Å². The van der Waals surface area contributed by atoms with Gasteiger partial charge in [0.05, 0.1) is 17.2 Å². The second-order valence-corrected chi connectivity index (χ2v) is 4.13. The topological polar surface area (TPSA) is 122 Å². The van der Waals surface area contributed by atoms with Crippen LogP contribution in [-0.2, 0) is 4.79 Å². The van der Waals surface area contributed by atoms with E-state index in [0.29, 0.717) is 17.1 Å². The molecule has 1 aromatic heterocycles. The van der Waals surface area contributed by atoms with E-state index in [1.54, 1.807) is 30.3 Å². The minimum Gasteiger partial charge on any atom is -0.455 e. The predicted octanol–water partition coefficient (Wildman–Crippen LogP) is 2.22. The van der Waals surface area contributed by atoms with Crippen molar-refractivity contribution in [1.82, 2.24) is 5.43 Å². The summed E-state index contributed by atoms with van der Waals surface area (Å²) >= 11 is 0. The Morgan fingerprint density at radius 2 is 2.09 bits per heavy atom. The van der Waals surface area contributed by atoms with Crippen molar-refractivity contribution in [2.75, 3.05) is 0 Å². The zero-order chi connectivity index (χ0) is 15.9. The van der Waals surface area contributed by atoms with Crippen LogP contribution in [0.2, 0.25) is 0 Å². The van der Waals surface area contributed by atoms with Gasteiger partial charge in [0.1, 0.15) is 17.9 Å². The first-order chi connectivity index (χ1) is 10.6. The second kappa shape index (κ2) is 6.81. The summed E-state index contributed by atoms with van der Waals surface area (Å²) in [5, 5.41) is 22.5. The Labute approximate surface area is 124 Å². The van der Waals surface area contributed by atoms with Crippen molar-refractivity contribution in [3.05, 3.63) is 52.3 Å². The fourth-order valence-corrected chi connectivity index (χ4v) is 1.60. The van der Waals surface area contributed by atoms with Crippen molar-refractivity contribution < 1.29 is 14.1 Å². The third-order valence-electron chi connectivity index (χ3n) is 2.61. The van der Waals surface area contributed by atoms with E-state index >= 15 is 0 Å². The summed E-state index contributed by atoms with van der Waals surface area (Å²) in [7, 11) is 0. The van der Waals surface area contributed by atoms with E-state index in [1.165, 1.54) is 18.3 Å². The Hall–Kier alpha value is -3.47. The molecule has 1 aromatic carbocycles. The van der Waals surface area contributed by atoms with E-state index in [4.69, 9.17) is 9.68 Å². The largest absolute Gasteiger partial charge is 0.455 e. The first-order valence-electron chi connectivity index (χ1n) is 6.13. The normalized spacial score (nSPS) is 10.3. The molecule has 0 spiro atoms. The Kier molecular flexibility index (Phi) is 4.62. The number of hydrogen-bond donors (Lipinski definition) is 1. The second-order valence-electron chi connectivity index (χ2n) is 4.13. The van der Waals surface area contributed by atoms with Gasteiger partial charge in [0.15, 0.2) is 0 Å². The average molecular weight is 298 g/mol. The number of non-ortho nitro benzene ring substituents is 1. The van der Waals surface area contributed by atoms with Gasteiger partial charge in [-0.1, -0.05) is 0 Å². The molecule has 0 aliphatic heterocycles. The van der Waals surface area contributed by atoms with Crippen molar-refractivity contribution in [3.63, 3.8) is 0 Å². The van der Waals surface area contributed by atoms with Gasteiger partial charge in [-0.3, -0.25) is 14.9 Å². The molecule has 0 atom stereocenters. The van der Waals surface area contributed by atoms with Gasteiger partial charge in [-0.2, -0.15) is 10.4 Å². The van der Waals surface area contributed by atoms with Gasteiger partial charge in [-0.05, 0) is 24.3 Å². The van der Waals surface area contributed by atoms with Crippen LogP contribution in [0.15, 0.2) is 45.9 Å². The summed E-state index contributed by atoms with van der Waals surface area (Å²) < 4.78 is 5.48. The molecule has 0 aliphatic carbocycles. The Balaban J connectivity index is 2.05. The number of nitro groups is 1. The van der Waals surface area contributed by atoms with Crippen molar-refractivity contribution in [3.8, 4) is 17.4 Å². The highest BCUT2D eigenvalue weighted by Crippen LogP contribution is 2.23. The lowest BCUT2D eigenvalue weighted by Crippen LogP contribution is -2.15. The zero-order valence-corrected chi connectivity index (χ0v) is 11.2. The molecule has 1 heterocycles. The number of benzene rings is 1. The number of furan rings is 1. The molecule has 2 rings (SSSR count). The maximum absolute atomic E-state index is 11.0. The van der Waals surface area contributed by atoms with Crippen LogP contribution in [0.25, 0.3) is 11.3 Å². The van der Waals surface area contributed by atoms with Gasteiger partial charge in [0, 0.05) is 17.7 Å². The first kappa shape index (κ1) is 14.9. The lowest BCUT2D eigenvalue weighted by Gasteiger charge is -1.96. The molecule has 1 amide bonds. The smallest absolute Gasteiger partial charge is 0.269 e. The number of amides is 1. The van der Waals surface area contributed by atoms with Crippen molar-refractivity contribution >= 4 is 17.8 Å². The van der Waals surface area contributed by atoms with E-state index in [-0.39, 0.29) is 12.1 Å². The third kappa shape index (κ3) is 3.77. The fraction of sp³-hybridized carbons (Fsp3) is 0.0714. The van der Waals surface area contributed by atoms with Crippen LogP contribution in [0.3, 0.4) is 0 Å². The van der Waals surface area contributed by atoms with E-state index in [1.807, 2.05) is 0 Å². The maximum atomic E-state index is 11.0. The highest BCUT2D eigenvalue weighted by atomic mass is 16.6. The molecular weight excluding hydrogens is 288 g/mol. The molecular formula is C14H10N4O4. The summed E-state index contributed by atoms with van der Waals surface area (Å²) in [6, 6.07) is 10.9. The lowest BCUT2D eigenvalue weighted by molar-refractivity contribution is -0.384. The van der Waals surface area contributed by atoms with E-state index in [0.717, 1.165) is 0 Å². The third-order valence-corrected chi connectivity index (χ3v) is 2.61. The molecule has 0 fully saturated rings. The van der Waals surface area contributed by atoms with Gasteiger partial charge >= 0.3 is 0 Å². The number of nitriles is 1. The number of carbonyl (C=O) groups excluding carboxylic acids is 1. The van der Waals surface area contributed by atoms with E-state index < -0.39 is 10.8 Å². The number of hydrogen-bond acceptors (Lipinski definition) is 6. The molecule has 0 aliphatic rings. The van der Waals surface area contributed by atoms with Crippen LogP contribution in [0.4, 0.5) is 5.69 Å². The van der Waals surface area contributed by atoms with Gasteiger partial charge in [0.2, 0.25) is 0 Å². The van der Waals surface area contributed by atoms with E-state index in [2.05, 4.69) is 10.5 Å². The summed E-state index contributed by atoms with van der Waals surface area (Å²) in [4.78, 5) is 21.1. The fourth-order valence-electron chi connectivity index (χ4n) is 1.60. The average Bonchev–Trinajstić information content (AvgIpc) is 2.96. The quantitative estimate of drug-likeness (QED) is 0.515. The summed E-state index contributed by atoms with van der Waals surface area (Å²) in [5.41, 5.74) is 2.85. The molecule has 22 heavy (non-hydrogen) atoms. The van der Waals surface area contributed by atoms with Crippen molar-refractivity contribution in [2.24, 2.45) is 5.10 Å². The Morgan fingerprint density at radius 3 is 2.73 bits per heavy atom. The molecule has 0 saturated heterocycles. The number of rotatable bonds is 5. The number of hydrazone groups is 1. The van der Waals surface area contributed by atoms with Crippen LogP contribution in [0.1, 0.15) is 12.2 Å². The first-order valence-corrected chi connectivity index (χ1v) is 6.13. The summed E-state index contributed by atoms with van der Waals surface area (Å²) in [6.07, 6.45) is 1.02. The molecule has 0 radical (unpaired) electrons. The number of nitrogens with zero attached hydrogens (tertiary/aromatic N) is 3. The van der Waals surface area contributed by atoms with E-state index in [9.17, 15) is 14.9 Å². The molecule has 0 unspecified atom stereocenters. The minimum atomic E-state index is -0.513. The maximum Gasteiger partial charge on any atom is 0.269 e. The van der Waals surface area contributed by atoms with Gasteiger partial charge in [0.25, 0.3) is 11.6 Å². The number of nitrogens with one attached hydrogen (secondary N) is 1. The SMILES string of the molecule is N#CCC(=O)NN=Cc1ccc(-c2ccc([N+](=O)[O-])cc2)o1. The number of nitro benzene ring substituents is 1. The molecule has 2 aromatic rings. The van der Waals surface area contributed by atoms with Gasteiger partial charge in [-0.25, -0.2) is 5.43 Å². The Morgan fingerprint density at radius 1 is 1.36 bits per heavy atom. The molecule has 8 nitrogen and oxygen atoms in total. The molecule has 0 saturated carbocycles.